The number of hydrogen-bond donors (Lipinski definition) is 1. The standard InChI is InChI=1S/C14H25N3/c1-5-13(15)14-7-6-12(10-16-14)17(4)9-8-11(2)3/h6-7,10-11,13H,5,8-9,15H2,1-4H3. The number of aromatic nitrogens is 1. The molecule has 1 atom stereocenters. The van der Waals surface area contributed by atoms with Crippen LogP contribution in [0.25, 0.3) is 0 Å². The van der Waals surface area contributed by atoms with Gasteiger partial charge in [-0.2, -0.15) is 0 Å². The molecule has 96 valence electrons. The Bertz CT molecular complexity index is 319. The molecule has 0 amide bonds. The van der Waals surface area contributed by atoms with Crippen molar-refractivity contribution in [1.82, 2.24) is 4.98 Å². The number of nitrogens with zero attached hydrogens (tertiary/aromatic N) is 2. The van der Waals surface area contributed by atoms with Gasteiger partial charge in [0.15, 0.2) is 0 Å². The third-order valence-electron chi connectivity index (χ3n) is 3.07. The second kappa shape index (κ2) is 6.60. The fourth-order valence-electron chi connectivity index (χ4n) is 1.63. The minimum Gasteiger partial charge on any atom is -0.373 e. The lowest BCUT2D eigenvalue weighted by atomic mass is 10.1. The average Bonchev–Trinajstić information content (AvgIpc) is 2.35. The average molecular weight is 235 g/mol. The molecule has 17 heavy (non-hydrogen) atoms. The van der Waals surface area contributed by atoms with Crippen LogP contribution in [0.5, 0.6) is 0 Å². The molecule has 0 bridgehead atoms. The van der Waals surface area contributed by atoms with Crippen LogP contribution >= 0.6 is 0 Å². The number of pyridine rings is 1. The van der Waals surface area contributed by atoms with E-state index >= 15 is 0 Å². The highest BCUT2D eigenvalue weighted by atomic mass is 15.1. The summed E-state index contributed by atoms with van der Waals surface area (Å²) in [5, 5.41) is 0. The quantitative estimate of drug-likeness (QED) is 0.824. The van der Waals surface area contributed by atoms with E-state index in [2.05, 4.69) is 43.8 Å². The highest BCUT2D eigenvalue weighted by Crippen LogP contribution is 2.16. The van der Waals surface area contributed by atoms with Crippen molar-refractivity contribution in [3.8, 4) is 0 Å². The molecule has 1 rings (SSSR count). The molecule has 1 heterocycles. The van der Waals surface area contributed by atoms with E-state index in [1.54, 1.807) is 0 Å². The molecule has 2 N–H and O–H groups in total. The summed E-state index contributed by atoms with van der Waals surface area (Å²) in [4.78, 5) is 6.68. The molecular weight excluding hydrogens is 210 g/mol. The van der Waals surface area contributed by atoms with E-state index < -0.39 is 0 Å². The second-order valence-electron chi connectivity index (χ2n) is 5.06. The number of hydrogen-bond acceptors (Lipinski definition) is 3. The zero-order chi connectivity index (χ0) is 12.8. The molecule has 3 heteroatoms. The molecule has 0 aliphatic heterocycles. The Morgan fingerprint density at radius 3 is 2.53 bits per heavy atom. The van der Waals surface area contributed by atoms with Gasteiger partial charge in [-0.15, -0.1) is 0 Å². The first kappa shape index (κ1) is 14.0. The molecule has 0 aliphatic rings. The highest BCUT2D eigenvalue weighted by Gasteiger charge is 2.06. The lowest BCUT2D eigenvalue weighted by molar-refractivity contribution is 0.585. The van der Waals surface area contributed by atoms with Crippen molar-refractivity contribution in [2.24, 2.45) is 11.7 Å². The van der Waals surface area contributed by atoms with Crippen LogP contribution in [0.15, 0.2) is 18.3 Å². The normalized spacial score (nSPS) is 12.8. The molecule has 1 unspecified atom stereocenters. The smallest absolute Gasteiger partial charge is 0.0572 e. The summed E-state index contributed by atoms with van der Waals surface area (Å²) < 4.78 is 0. The van der Waals surface area contributed by atoms with Gasteiger partial charge in [0, 0.05) is 19.6 Å². The summed E-state index contributed by atoms with van der Waals surface area (Å²) >= 11 is 0. The van der Waals surface area contributed by atoms with E-state index in [-0.39, 0.29) is 6.04 Å². The minimum absolute atomic E-state index is 0.0602. The van der Waals surface area contributed by atoms with E-state index in [0.717, 1.165) is 30.3 Å². The summed E-state index contributed by atoms with van der Waals surface area (Å²) in [7, 11) is 2.11. The first-order valence-corrected chi connectivity index (χ1v) is 6.47. The van der Waals surface area contributed by atoms with Crippen molar-refractivity contribution >= 4 is 5.69 Å². The molecule has 3 nitrogen and oxygen atoms in total. The van der Waals surface area contributed by atoms with E-state index in [1.165, 1.54) is 6.42 Å². The molecule has 0 saturated carbocycles. The van der Waals surface area contributed by atoms with E-state index in [1.807, 2.05) is 12.3 Å². The fourth-order valence-corrected chi connectivity index (χ4v) is 1.63. The largest absolute Gasteiger partial charge is 0.373 e. The molecule has 1 aromatic heterocycles. The van der Waals surface area contributed by atoms with Gasteiger partial charge in [0.25, 0.3) is 0 Å². The summed E-state index contributed by atoms with van der Waals surface area (Å²) in [6.07, 6.45) is 4.05. The lowest BCUT2D eigenvalue weighted by Crippen LogP contribution is -2.20. The number of rotatable bonds is 6. The Morgan fingerprint density at radius 2 is 2.06 bits per heavy atom. The monoisotopic (exact) mass is 235 g/mol. The molecule has 0 aromatic carbocycles. The number of anilines is 1. The van der Waals surface area contributed by atoms with Gasteiger partial charge in [-0.05, 0) is 30.9 Å². The Kier molecular flexibility index (Phi) is 5.42. The molecule has 0 spiro atoms. The van der Waals surface area contributed by atoms with Crippen molar-refractivity contribution in [1.29, 1.82) is 0 Å². The second-order valence-corrected chi connectivity index (χ2v) is 5.06. The maximum atomic E-state index is 5.94. The van der Waals surface area contributed by atoms with Crippen LogP contribution in [-0.2, 0) is 0 Å². The van der Waals surface area contributed by atoms with Gasteiger partial charge < -0.3 is 10.6 Å². The predicted molar refractivity (Wildman–Crippen MR) is 74.2 cm³/mol. The van der Waals surface area contributed by atoms with E-state index in [4.69, 9.17) is 5.73 Å². The Labute approximate surface area is 105 Å². The fraction of sp³-hybridized carbons (Fsp3) is 0.643. The van der Waals surface area contributed by atoms with Crippen molar-refractivity contribution in [2.45, 2.75) is 39.7 Å². The van der Waals surface area contributed by atoms with Crippen LogP contribution in [0.3, 0.4) is 0 Å². The third-order valence-corrected chi connectivity index (χ3v) is 3.07. The van der Waals surface area contributed by atoms with Gasteiger partial charge in [0.1, 0.15) is 0 Å². The van der Waals surface area contributed by atoms with E-state index in [0.29, 0.717) is 0 Å². The molecule has 0 saturated heterocycles. The van der Waals surface area contributed by atoms with Gasteiger partial charge in [0.05, 0.1) is 17.6 Å². The summed E-state index contributed by atoms with van der Waals surface area (Å²) in [5.41, 5.74) is 8.09. The first-order valence-electron chi connectivity index (χ1n) is 6.47. The molecule has 1 aromatic rings. The summed E-state index contributed by atoms with van der Waals surface area (Å²) in [6, 6.07) is 4.21. The summed E-state index contributed by atoms with van der Waals surface area (Å²) in [6.45, 7) is 7.64. The third kappa shape index (κ3) is 4.35. The zero-order valence-corrected chi connectivity index (χ0v) is 11.5. The highest BCUT2D eigenvalue weighted by molar-refractivity contribution is 5.43. The maximum Gasteiger partial charge on any atom is 0.0572 e. The van der Waals surface area contributed by atoms with Gasteiger partial charge in [-0.25, -0.2) is 0 Å². The van der Waals surface area contributed by atoms with Crippen LogP contribution < -0.4 is 10.6 Å². The zero-order valence-electron chi connectivity index (χ0n) is 11.5. The molecular formula is C14H25N3. The van der Waals surface area contributed by atoms with Gasteiger partial charge >= 0.3 is 0 Å². The summed E-state index contributed by atoms with van der Waals surface area (Å²) in [5.74, 6) is 0.734. The van der Waals surface area contributed by atoms with E-state index in [9.17, 15) is 0 Å². The van der Waals surface area contributed by atoms with Crippen molar-refractivity contribution in [3.05, 3.63) is 24.0 Å². The molecule has 0 aliphatic carbocycles. The van der Waals surface area contributed by atoms with Crippen molar-refractivity contribution < 1.29 is 0 Å². The van der Waals surface area contributed by atoms with Gasteiger partial charge in [0.2, 0.25) is 0 Å². The van der Waals surface area contributed by atoms with Crippen molar-refractivity contribution in [3.63, 3.8) is 0 Å². The maximum absolute atomic E-state index is 5.94. The van der Waals surface area contributed by atoms with Crippen LogP contribution in [0.2, 0.25) is 0 Å². The topological polar surface area (TPSA) is 42.1 Å². The van der Waals surface area contributed by atoms with Crippen LogP contribution in [-0.4, -0.2) is 18.6 Å². The molecule has 0 fully saturated rings. The van der Waals surface area contributed by atoms with Gasteiger partial charge in [-0.3, -0.25) is 4.98 Å². The SMILES string of the molecule is CCC(N)c1ccc(N(C)CCC(C)C)cn1. The first-order chi connectivity index (χ1) is 8.04. The lowest BCUT2D eigenvalue weighted by Gasteiger charge is -2.20. The van der Waals surface area contributed by atoms with Crippen LogP contribution in [0, 0.1) is 5.92 Å². The van der Waals surface area contributed by atoms with Crippen LogP contribution in [0.4, 0.5) is 5.69 Å². The minimum atomic E-state index is 0.0602. The predicted octanol–water partition coefficient (Wildman–Crippen LogP) is 2.97. The van der Waals surface area contributed by atoms with Crippen LogP contribution in [0.1, 0.15) is 45.3 Å². The number of nitrogens with two attached hydrogens (primary N) is 1. The Balaban J connectivity index is 2.60. The molecule has 0 radical (unpaired) electrons. The Morgan fingerprint density at radius 1 is 1.35 bits per heavy atom. The van der Waals surface area contributed by atoms with Gasteiger partial charge in [-0.1, -0.05) is 20.8 Å². The Hall–Kier alpha value is -1.09. The van der Waals surface area contributed by atoms with Crippen molar-refractivity contribution in [2.75, 3.05) is 18.5 Å².